The Kier molecular flexibility index (Phi) is 6.20. The van der Waals surface area contributed by atoms with Crippen LogP contribution in [0.1, 0.15) is 51.7 Å². The lowest BCUT2D eigenvalue weighted by Gasteiger charge is -2.26. The fourth-order valence-electron chi connectivity index (χ4n) is 8.01. The molecule has 0 saturated heterocycles. The third-order valence-electron chi connectivity index (χ3n) is 10.4. The fraction of sp³-hybridized carbons (Fsp3) is 0.111. The SMILES string of the molecule is C1=Cc2nc(C3Cc4c(oc5cccc(-c6ccc7c(c6)CC=C7)c45)-c4ccccc43)nc(-c3ccc(-c4ccccc4)cc3)c2CC1. The number of benzene rings is 5. The number of hydrogen-bond donors (Lipinski definition) is 0. The van der Waals surface area contributed by atoms with Crippen molar-refractivity contribution in [1.82, 2.24) is 9.97 Å². The van der Waals surface area contributed by atoms with E-state index >= 15 is 0 Å². The zero-order chi connectivity index (χ0) is 31.6. The Labute approximate surface area is 280 Å². The molecule has 0 N–H and O–H groups in total. The van der Waals surface area contributed by atoms with Crippen LogP contribution in [0.3, 0.4) is 0 Å². The van der Waals surface area contributed by atoms with E-state index in [1.807, 2.05) is 0 Å². The molecular formula is C45H32N2O. The van der Waals surface area contributed by atoms with E-state index in [9.17, 15) is 0 Å². The maximum atomic E-state index is 6.72. The second-order valence-electron chi connectivity index (χ2n) is 13.1. The zero-order valence-corrected chi connectivity index (χ0v) is 26.5. The molecule has 2 heterocycles. The van der Waals surface area contributed by atoms with Gasteiger partial charge in [0.25, 0.3) is 0 Å². The molecule has 1 atom stereocenters. The number of furan rings is 1. The molecule has 48 heavy (non-hydrogen) atoms. The monoisotopic (exact) mass is 616 g/mol. The van der Waals surface area contributed by atoms with E-state index in [1.165, 1.54) is 55.5 Å². The molecule has 0 amide bonds. The molecule has 3 aliphatic rings. The van der Waals surface area contributed by atoms with Crippen molar-refractivity contribution >= 4 is 23.1 Å². The molecular weight excluding hydrogens is 585 g/mol. The Balaban J connectivity index is 1.13. The summed E-state index contributed by atoms with van der Waals surface area (Å²) in [7, 11) is 0. The molecule has 228 valence electrons. The van der Waals surface area contributed by atoms with E-state index in [0.717, 1.165) is 65.4 Å². The first-order valence-corrected chi connectivity index (χ1v) is 17.0. The van der Waals surface area contributed by atoms with E-state index in [1.54, 1.807) is 0 Å². The molecule has 0 saturated carbocycles. The van der Waals surface area contributed by atoms with Crippen LogP contribution < -0.4 is 0 Å². The Hall–Kier alpha value is -5.80. The highest BCUT2D eigenvalue weighted by atomic mass is 16.3. The van der Waals surface area contributed by atoms with E-state index < -0.39 is 0 Å². The molecule has 3 nitrogen and oxygen atoms in total. The van der Waals surface area contributed by atoms with Gasteiger partial charge in [-0.2, -0.15) is 0 Å². The van der Waals surface area contributed by atoms with Gasteiger partial charge in [0.05, 0.1) is 11.4 Å². The van der Waals surface area contributed by atoms with Crippen LogP contribution in [0.2, 0.25) is 0 Å². The van der Waals surface area contributed by atoms with Crippen molar-refractivity contribution in [3.8, 4) is 44.8 Å². The molecule has 10 rings (SSSR count). The Morgan fingerprint density at radius 1 is 0.625 bits per heavy atom. The van der Waals surface area contributed by atoms with Gasteiger partial charge in [-0.05, 0) is 76.8 Å². The first-order valence-electron chi connectivity index (χ1n) is 17.0. The second-order valence-corrected chi connectivity index (χ2v) is 13.1. The number of hydrogen-bond acceptors (Lipinski definition) is 3. The summed E-state index contributed by atoms with van der Waals surface area (Å²) < 4.78 is 6.72. The molecule has 5 aromatic carbocycles. The van der Waals surface area contributed by atoms with Crippen LogP contribution in [-0.4, -0.2) is 9.97 Å². The van der Waals surface area contributed by atoms with Crippen molar-refractivity contribution in [3.63, 3.8) is 0 Å². The lowest BCUT2D eigenvalue weighted by Crippen LogP contribution is -2.17. The maximum Gasteiger partial charge on any atom is 0.138 e. The molecule has 0 aliphatic heterocycles. The number of aromatic nitrogens is 2. The second kappa shape index (κ2) is 10.9. The summed E-state index contributed by atoms with van der Waals surface area (Å²) in [4.78, 5) is 10.8. The van der Waals surface area contributed by atoms with Gasteiger partial charge in [0.2, 0.25) is 0 Å². The van der Waals surface area contributed by atoms with E-state index in [4.69, 9.17) is 14.4 Å². The summed E-state index contributed by atoms with van der Waals surface area (Å²) in [6.45, 7) is 0. The van der Waals surface area contributed by atoms with Crippen molar-refractivity contribution < 1.29 is 4.42 Å². The van der Waals surface area contributed by atoms with Gasteiger partial charge in [0, 0.05) is 33.6 Å². The summed E-state index contributed by atoms with van der Waals surface area (Å²) >= 11 is 0. The predicted octanol–water partition coefficient (Wildman–Crippen LogP) is 11.1. The third-order valence-corrected chi connectivity index (χ3v) is 10.4. The van der Waals surface area contributed by atoms with Crippen LogP contribution in [0.5, 0.6) is 0 Å². The topological polar surface area (TPSA) is 38.9 Å². The van der Waals surface area contributed by atoms with Crippen molar-refractivity contribution in [2.75, 3.05) is 0 Å². The average molecular weight is 617 g/mol. The average Bonchev–Trinajstić information content (AvgIpc) is 3.79. The van der Waals surface area contributed by atoms with Crippen LogP contribution in [0.15, 0.2) is 132 Å². The lowest BCUT2D eigenvalue weighted by molar-refractivity contribution is 0.611. The summed E-state index contributed by atoms with van der Waals surface area (Å²) in [5.74, 6) is 1.84. The van der Waals surface area contributed by atoms with Gasteiger partial charge < -0.3 is 4.42 Å². The summed E-state index contributed by atoms with van der Waals surface area (Å²) in [5.41, 5.74) is 16.6. The van der Waals surface area contributed by atoms with Crippen molar-refractivity contribution in [2.24, 2.45) is 0 Å². The van der Waals surface area contributed by atoms with Gasteiger partial charge >= 0.3 is 0 Å². The Bertz CT molecular complexity index is 2450. The summed E-state index contributed by atoms with van der Waals surface area (Å²) in [5, 5.41) is 1.20. The van der Waals surface area contributed by atoms with Gasteiger partial charge in [-0.25, -0.2) is 9.97 Å². The van der Waals surface area contributed by atoms with Gasteiger partial charge in [0.15, 0.2) is 0 Å². The normalized spacial score (nSPS) is 15.6. The number of rotatable bonds is 4. The molecule has 3 heteroatoms. The molecule has 3 aliphatic carbocycles. The molecule has 0 fully saturated rings. The first kappa shape index (κ1) is 27.3. The molecule has 2 aromatic heterocycles. The standard InChI is InChI=1S/C45H32N2O/c1-2-10-28(11-3-1)30-20-23-31(24-21-30)43-37-16-6-7-18-40(37)46-45(47-43)38-27-39-42-34(33-25-22-29-12-8-13-32(29)26-33)17-9-19-41(42)48-44(39)36-15-5-4-14-35(36)38/h1-5,7-12,14-15,17-26,38H,6,13,16,27H2. The van der Waals surface area contributed by atoms with Gasteiger partial charge in [0.1, 0.15) is 17.2 Å². The molecule has 0 spiro atoms. The van der Waals surface area contributed by atoms with Gasteiger partial charge in [-0.3, -0.25) is 0 Å². The smallest absolute Gasteiger partial charge is 0.138 e. The molecule has 7 aromatic rings. The minimum Gasteiger partial charge on any atom is -0.456 e. The Morgan fingerprint density at radius 2 is 1.42 bits per heavy atom. The van der Waals surface area contributed by atoms with Crippen molar-refractivity contribution in [2.45, 2.75) is 31.6 Å². The Morgan fingerprint density at radius 3 is 2.33 bits per heavy atom. The lowest BCUT2D eigenvalue weighted by atomic mass is 9.79. The molecule has 0 bridgehead atoms. The highest BCUT2D eigenvalue weighted by molar-refractivity contribution is 6.01. The minimum absolute atomic E-state index is 0.00487. The van der Waals surface area contributed by atoms with Crippen LogP contribution in [0, 0.1) is 0 Å². The van der Waals surface area contributed by atoms with E-state index in [2.05, 4.69) is 140 Å². The predicted molar refractivity (Wildman–Crippen MR) is 196 cm³/mol. The van der Waals surface area contributed by atoms with E-state index in [-0.39, 0.29) is 5.92 Å². The highest BCUT2D eigenvalue weighted by Gasteiger charge is 2.34. The quantitative estimate of drug-likeness (QED) is 0.197. The number of nitrogens with zero attached hydrogens (tertiary/aromatic N) is 2. The highest BCUT2D eigenvalue weighted by Crippen LogP contribution is 2.49. The van der Waals surface area contributed by atoms with Gasteiger partial charge in [-0.15, -0.1) is 0 Å². The van der Waals surface area contributed by atoms with Crippen LogP contribution in [-0.2, 0) is 19.3 Å². The van der Waals surface area contributed by atoms with Crippen molar-refractivity contribution in [3.05, 3.63) is 167 Å². The first-order chi connectivity index (χ1) is 23.8. The largest absolute Gasteiger partial charge is 0.456 e. The molecule has 1 unspecified atom stereocenters. The number of fused-ring (bicyclic) bond motifs is 7. The summed E-state index contributed by atoms with van der Waals surface area (Å²) in [6.07, 6.45) is 12.6. The van der Waals surface area contributed by atoms with Crippen LogP contribution in [0.4, 0.5) is 0 Å². The zero-order valence-electron chi connectivity index (χ0n) is 26.5. The third kappa shape index (κ3) is 4.35. The fourth-order valence-corrected chi connectivity index (χ4v) is 8.01. The van der Waals surface area contributed by atoms with Crippen LogP contribution >= 0.6 is 0 Å². The van der Waals surface area contributed by atoms with Crippen LogP contribution in [0.25, 0.3) is 68.0 Å². The molecule has 0 radical (unpaired) electrons. The summed E-state index contributed by atoms with van der Waals surface area (Å²) in [6, 6.07) is 41.4. The number of allylic oxidation sites excluding steroid dienone is 2. The maximum absolute atomic E-state index is 6.72. The van der Waals surface area contributed by atoms with Gasteiger partial charge in [-0.1, -0.05) is 127 Å². The van der Waals surface area contributed by atoms with E-state index in [0.29, 0.717) is 0 Å². The van der Waals surface area contributed by atoms with Crippen molar-refractivity contribution in [1.29, 1.82) is 0 Å². The minimum atomic E-state index is -0.00487.